The van der Waals surface area contributed by atoms with Gasteiger partial charge in [-0.2, -0.15) is 0 Å². The molecule has 0 aromatic rings. The highest BCUT2D eigenvalue weighted by Crippen LogP contribution is 2.76. The van der Waals surface area contributed by atoms with Gasteiger partial charge in [0.1, 0.15) is 5.78 Å². The van der Waals surface area contributed by atoms with Crippen molar-refractivity contribution in [3.8, 4) is 0 Å². The van der Waals surface area contributed by atoms with Crippen molar-refractivity contribution in [3.05, 3.63) is 0 Å². The Bertz CT molecular complexity index is 508. The molecular weight excluding hydrogens is 212 g/mol. The minimum Gasteiger partial charge on any atom is -0.299 e. The second kappa shape index (κ2) is 1.81. The van der Waals surface area contributed by atoms with Crippen LogP contribution in [0, 0.1) is 35.5 Å². The van der Waals surface area contributed by atoms with Crippen LogP contribution in [0.1, 0.15) is 12.8 Å². The third kappa shape index (κ3) is 0.500. The van der Waals surface area contributed by atoms with Gasteiger partial charge in [0, 0.05) is 11.8 Å². The van der Waals surface area contributed by atoms with Gasteiger partial charge in [0.25, 0.3) is 0 Å². The van der Waals surface area contributed by atoms with Gasteiger partial charge in [0.15, 0.2) is 9.84 Å². The van der Waals surface area contributed by atoms with E-state index < -0.39 is 9.84 Å². The van der Waals surface area contributed by atoms with Gasteiger partial charge in [0.2, 0.25) is 0 Å². The van der Waals surface area contributed by atoms with E-state index in [1.807, 2.05) is 0 Å². The van der Waals surface area contributed by atoms with Gasteiger partial charge in [-0.15, -0.1) is 0 Å². The van der Waals surface area contributed by atoms with Gasteiger partial charge in [-0.3, -0.25) is 4.79 Å². The van der Waals surface area contributed by atoms with Gasteiger partial charge in [-0.25, -0.2) is 8.42 Å². The van der Waals surface area contributed by atoms with Crippen LogP contribution in [0.2, 0.25) is 0 Å². The van der Waals surface area contributed by atoms with E-state index >= 15 is 0 Å². The monoisotopic (exact) mass is 224 g/mol. The molecule has 6 fully saturated rings. The average Bonchev–Trinajstić information content (AvgIpc) is 2.36. The Labute approximate surface area is 88.1 Å². The summed E-state index contributed by atoms with van der Waals surface area (Å²) in [5, 5.41) is -0.472. The molecule has 4 heteroatoms. The number of ketones is 1. The number of hydrogen-bond acceptors (Lipinski definition) is 3. The minimum atomic E-state index is -2.92. The molecule has 6 bridgehead atoms. The first-order chi connectivity index (χ1) is 7.14. The molecule has 0 aromatic carbocycles. The largest absolute Gasteiger partial charge is 0.299 e. The van der Waals surface area contributed by atoms with E-state index in [2.05, 4.69) is 0 Å². The van der Waals surface area contributed by atoms with Crippen molar-refractivity contribution < 1.29 is 13.2 Å². The van der Waals surface area contributed by atoms with E-state index in [0.717, 1.165) is 12.8 Å². The number of sulfone groups is 1. The molecule has 0 N–H and O–H groups in total. The second-order valence-corrected chi connectivity index (χ2v) is 8.30. The summed E-state index contributed by atoms with van der Waals surface area (Å²) >= 11 is 0. The predicted molar refractivity (Wildman–Crippen MR) is 51.7 cm³/mol. The van der Waals surface area contributed by atoms with Crippen molar-refractivity contribution in [3.63, 3.8) is 0 Å². The highest BCUT2D eigenvalue weighted by molar-refractivity contribution is 7.93. The molecule has 1 heterocycles. The molecule has 0 amide bonds. The number of Topliss-reactive ketones (excluding diaryl/α,β-unsaturated/α-hetero) is 1. The molecule has 5 aliphatic carbocycles. The van der Waals surface area contributed by atoms with Gasteiger partial charge in [0.05, 0.1) is 10.5 Å². The molecule has 1 saturated heterocycles. The van der Waals surface area contributed by atoms with Gasteiger partial charge in [-0.1, -0.05) is 0 Å². The zero-order valence-electron chi connectivity index (χ0n) is 8.17. The second-order valence-electron chi connectivity index (χ2n) is 6.03. The lowest BCUT2D eigenvalue weighted by Gasteiger charge is -2.52. The molecule has 1 aliphatic heterocycles. The summed E-state index contributed by atoms with van der Waals surface area (Å²) < 4.78 is 24.5. The molecule has 0 unspecified atom stereocenters. The summed E-state index contributed by atoms with van der Waals surface area (Å²) in [6.07, 6.45) is 2.19. The average molecular weight is 224 g/mol. The Morgan fingerprint density at radius 3 is 2.47 bits per heavy atom. The summed E-state index contributed by atoms with van der Waals surface area (Å²) in [6.45, 7) is 0. The van der Waals surface area contributed by atoms with E-state index in [1.165, 1.54) is 0 Å². The normalized spacial score (nSPS) is 70.0. The lowest BCUT2D eigenvalue weighted by atomic mass is 9.50. The minimum absolute atomic E-state index is 0.0588. The zero-order valence-corrected chi connectivity index (χ0v) is 8.98. The van der Waals surface area contributed by atoms with Crippen LogP contribution in [0.4, 0.5) is 0 Å². The summed E-state index contributed by atoms with van der Waals surface area (Å²) in [7, 11) is -2.92. The maximum absolute atomic E-state index is 12.2. The van der Waals surface area contributed by atoms with Crippen LogP contribution in [0.5, 0.6) is 0 Å². The Morgan fingerprint density at radius 1 is 0.933 bits per heavy atom. The highest BCUT2D eigenvalue weighted by Gasteiger charge is 2.83. The Kier molecular flexibility index (Phi) is 0.944. The molecule has 15 heavy (non-hydrogen) atoms. The van der Waals surface area contributed by atoms with Crippen molar-refractivity contribution in [1.82, 2.24) is 0 Å². The van der Waals surface area contributed by atoms with Crippen LogP contribution in [-0.2, 0) is 14.6 Å². The third-order valence-corrected chi connectivity index (χ3v) is 8.84. The quantitative estimate of drug-likeness (QED) is 0.593. The van der Waals surface area contributed by atoms with E-state index in [4.69, 9.17) is 0 Å². The van der Waals surface area contributed by atoms with Gasteiger partial charge < -0.3 is 0 Å². The maximum Gasteiger partial charge on any atom is 0.158 e. The first-order valence-electron chi connectivity index (χ1n) is 5.90. The van der Waals surface area contributed by atoms with Crippen LogP contribution >= 0.6 is 0 Å². The first kappa shape index (κ1) is 7.82. The number of carbonyl (C=O) groups is 1. The first-order valence-corrected chi connectivity index (χ1v) is 7.51. The number of carbonyl (C=O) groups excluding carboxylic acids is 1. The Hall–Kier alpha value is -0.380. The molecule has 3 nitrogen and oxygen atoms in total. The number of fused-ring (bicyclic) bond motifs is 2. The fourth-order valence-electron chi connectivity index (χ4n) is 5.93. The van der Waals surface area contributed by atoms with Crippen molar-refractivity contribution in [2.24, 2.45) is 35.5 Å². The van der Waals surface area contributed by atoms with E-state index in [1.54, 1.807) is 0 Å². The van der Waals surface area contributed by atoms with Crippen molar-refractivity contribution >= 4 is 15.6 Å². The zero-order chi connectivity index (χ0) is 10.1. The van der Waals surface area contributed by atoms with Gasteiger partial charge in [-0.05, 0) is 36.5 Å². The summed E-state index contributed by atoms with van der Waals surface area (Å²) in [4.78, 5) is 12.1. The smallest absolute Gasteiger partial charge is 0.158 e. The number of rotatable bonds is 0. The molecule has 6 aliphatic rings. The van der Waals surface area contributed by atoms with Gasteiger partial charge >= 0.3 is 0 Å². The van der Waals surface area contributed by atoms with Crippen molar-refractivity contribution in [1.29, 1.82) is 0 Å². The van der Waals surface area contributed by atoms with Crippen LogP contribution in [0.15, 0.2) is 0 Å². The topological polar surface area (TPSA) is 51.2 Å². The van der Waals surface area contributed by atoms with Crippen LogP contribution in [0.25, 0.3) is 0 Å². The third-order valence-electron chi connectivity index (χ3n) is 6.07. The number of hydrogen-bond donors (Lipinski definition) is 0. The molecule has 5 saturated carbocycles. The standard InChI is InChI=1S/C11H12O3S/c12-9-7-3-1-2-4-6-5(3)8(9)11(6)15(13,14)10(4)7/h3-8,10-11H,1-2H2/t3-,4-,5-,6-,7+,8-,10+,11-/m0/s1. The van der Waals surface area contributed by atoms with Crippen LogP contribution < -0.4 is 0 Å². The predicted octanol–water partition coefficient (Wildman–Crippen LogP) is 0.253. The summed E-state index contributed by atoms with van der Waals surface area (Å²) in [5.74, 6) is 1.90. The molecular formula is C11H12O3S. The molecule has 6 rings (SSSR count). The molecule has 80 valence electrons. The molecule has 8 atom stereocenters. The lowest BCUT2D eigenvalue weighted by molar-refractivity contribution is -0.126. The van der Waals surface area contributed by atoms with E-state index in [-0.39, 0.29) is 22.3 Å². The Morgan fingerprint density at radius 2 is 1.67 bits per heavy atom. The Balaban J connectivity index is 1.90. The lowest BCUT2D eigenvalue weighted by Crippen LogP contribution is -2.55. The van der Waals surface area contributed by atoms with Crippen molar-refractivity contribution in [2.45, 2.75) is 23.3 Å². The SMILES string of the molecule is O=C1[C@@H]2[C@H]3[C@@H]4CC[C@H]5[C@@H]3[C@@H]2S(=O)(=O)[C@H]5[C@@H]14. The summed E-state index contributed by atoms with van der Waals surface area (Å²) in [5.41, 5.74) is 0. The van der Waals surface area contributed by atoms with E-state index in [9.17, 15) is 13.2 Å². The molecule has 0 radical (unpaired) electrons. The molecule has 0 aromatic heterocycles. The van der Waals surface area contributed by atoms with Crippen molar-refractivity contribution in [2.75, 3.05) is 0 Å². The van der Waals surface area contributed by atoms with Crippen LogP contribution in [-0.4, -0.2) is 24.7 Å². The molecule has 0 spiro atoms. The van der Waals surface area contributed by atoms with E-state index in [0.29, 0.717) is 29.5 Å². The highest BCUT2D eigenvalue weighted by atomic mass is 32.2. The summed E-state index contributed by atoms with van der Waals surface area (Å²) in [6, 6.07) is 0. The fraction of sp³-hybridized carbons (Fsp3) is 0.909. The fourth-order valence-corrected chi connectivity index (χ4v) is 9.39. The van der Waals surface area contributed by atoms with Crippen LogP contribution in [0.3, 0.4) is 0 Å². The maximum atomic E-state index is 12.2.